The number of carbonyl (C=O) groups excluding carboxylic acids is 1. The highest BCUT2D eigenvalue weighted by Crippen LogP contribution is 2.39. The number of fused-ring (bicyclic) bond motifs is 1. The van der Waals surface area contributed by atoms with Crippen molar-refractivity contribution in [1.82, 2.24) is 4.90 Å². The highest BCUT2D eigenvalue weighted by Gasteiger charge is 2.41. The van der Waals surface area contributed by atoms with Crippen LogP contribution in [0.25, 0.3) is 0 Å². The van der Waals surface area contributed by atoms with Crippen LogP contribution in [0.2, 0.25) is 0 Å². The van der Waals surface area contributed by atoms with Crippen molar-refractivity contribution >= 4 is 5.78 Å². The summed E-state index contributed by atoms with van der Waals surface area (Å²) in [4.78, 5) is 13.9. The minimum Gasteiger partial charge on any atom is -0.364 e. The first-order chi connectivity index (χ1) is 6.86. The minimum absolute atomic E-state index is 0.256. The van der Waals surface area contributed by atoms with Gasteiger partial charge in [-0.3, -0.25) is 4.79 Å². The highest BCUT2D eigenvalue weighted by atomic mass is 16.1. The molecule has 1 unspecified atom stereocenters. The lowest BCUT2D eigenvalue weighted by Crippen LogP contribution is -2.47. The van der Waals surface area contributed by atoms with E-state index in [0.29, 0.717) is 11.7 Å². The van der Waals surface area contributed by atoms with Gasteiger partial charge in [0.2, 0.25) is 0 Å². The van der Waals surface area contributed by atoms with Crippen LogP contribution in [-0.2, 0) is 4.79 Å². The molecule has 0 aromatic rings. The fraction of sp³-hybridized carbons (Fsp3) is 0.750. The molecular formula is C12H17NO. The second-order valence-corrected chi connectivity index (χ2v) is 4.80. The maximum Gasteiger partial charge on any atom is 0.179 e. The topological polar surface area (TPSA) is 20.3 Å². The summed E-state index contributed by atoms with van der Waals surface area (Å²) in [5.74, 6) is 1.08. The normalized spacial score (nSPS) is 32.6. The Morgan fingerprint density at radius 2 is 1.93 bits per heavy atom. The third-order valence-corrected chi connectivity index (χ3v) is 3.99. The number of nitrogens with zero attached hydrogens (tertiary/aromatic N) is 1. The van der Waals surface area contributed by atoms with Gasteiger partial charge in [0.05, 0.1) is 6.04 Å². The molecule has 2 fully saturated rings. The summed E-state index contributed by atoms with van der Waals surface area (Å²) in [7, 11) is 0. The highest BCUT2D eigenvalue weighted by molar-refractivity contribution is 5.98. The van der Waals surface area contributed by atoms with Gasteiger partial charge in [-0.05, 0) is 25.2 Å². The van der Waals surface area contributed by atoms with Crippen LogP contribution in [-0.4, -0.2) is 23.3 Å². The Morgan fingerprint density at radius 1 is 1.14 bits per heavy atom. The summed E-state index contributed by atoms with van der Waals surface area (Å²) in [5, 5.41) is 0. The van der Waals surface area contributed by atoms with E-state index in [0.717, 1.165) is 13.0 Å². The molecule has 14 heavy (non-hydrogen) atoms. The fourth-order valence-electron chi connectivity index (χ4n) is 3.07. The van der Waals surface area contributed by atoms with Crippen LogP contribution >= 0.6 is 0 Å². The summed E-state index contributed by atoms with van der Waals surface area (Å²) in [6.07, 6.45) is 9.74. The first-order valence-electron chi connectivity index (χ1n) is 5.88. The Balaban J connectivity index is 1.77. The smallest absolute Gasteiger partial charge is 0.179 e. The maximum atomic E-state index is 11.6. The zero-order valence-electron chi connectivity index (χ0n) is 8.54. The molecule has 0 amide bonds. The second kappa shape index (κ2) is 3.11. The van der Waals surface area contributed by atoms with Crippen LogP contribution in [0.5, 0.6) is 0 Å². The van der Waals surface area contributed by atoms with Crippen LogP contribution in [0.15, 0.2) is 11.8 Å². The summed E-state index contributed by atoms with van der Waals surface area (Å²) in [5.41, 5.74) is 1.38. The molecule has 2 heterocycles. The average molecular weight is 191 g/mol. The van der Waals surface area contributed by atoms with Gasteiger partial charge >= 0.3 is 0 Å². The maximum absolute atomic E-state index is 11.6. The largest absolute Gasteiger partial charge is 0.364 e. The molecule has 76 valence electrons. The van der Waals surface area contributed by atoms with Gasteiger partial charge in [-0.25, -0.2) is 0 Å². The van der Waals surface area contributed by atoms with Gasteiger partial charge in [-0.1, -0.05) is 19.3 Å². The van der Waals surface area contributed by atoms with E-state index in [-0.39, 0.29) is 6.04 Å². The van der Waals surface area contributed by atoms with Crippen molar-refractivity contribution in [2.24, 2.45) is 5.92 Å². The first kappa shape index (κ1) is 8.51. The van der Waals surface area contributed by atoms with Crippen molar-refractivity contribution in [1.29, 1.82) is 0 Å². The number of hydrogen-bond donors (Lipinski definition) is 0. The van der Waals surface area contributed by atoms with Crippen molar-refractivity contribution in [2.45, 2.75) is 44.6 Å². The molecule has 2 aliphatic heterocycles. The third-order valence-electron chi connectivity index (χ3n) is 3.99. The summed E-state index contributed by atoms with van der Waals surface area (Å²) in [6, 6.07) is 0.256. The van der Waals surface area contributed by atoms with Gasteiger partial charge < -0.3 is 4.90 Å². The number of hydrogen-bond acceptors (Lipinski definition) is 2. The lowest BCUT2D eigenvalue weighted by Gasteiger charge is -2.41. The molecule has 3 rings (SSSR count). The molecule has 2 nitrogen and oxygen atoms in total. The molecule has 1 saturated heterocycles. The Morgan fingerprint density at radius 3 is 2.50 bits per heavy atom. The van der Waals surface area contributed by atoms with Crippen molar-refractivity contribution in [3.05, 3.63) is 11.8 Å². The van der Waals surface area contributed by atoms with E-state index in [2.05, 4.69) is 4.90 Å². The molecular weight excluding hydrogens is 174 g/mol. The number of allylic oxidation sites excluding steroid dienone is 1. The van der Waals surface area contributed by atoms with Gasteiger partial charge in [0.25, 0.3) is 0 Å². The predicted octanol–water partition coefficient (Wildman–Crippen LogP) is 2.11. The molecule has 0 bridgehead atoms. The molecule has 1 saturated carbocycles. The fourth-order valence-corrected chi connectivity index (χ4v) is 3.07. The molecule has 0 radical (unpaired) electrons. The Labute approximate surface area is 85.0 Å². The lowest BCUT2D eigenvalue weighted by molar-refractivity contribution is -0.120. The van der Waals surface area contributed by atoms with E-state index in [1.807, 2.05) is 6.08 Å². The molecule has 2 heteroatoms. The van der Waals surface area contributed by atoms with E-state index in [1.165, 1.54) is 37.8 Å². The standard InChI is InChI=1S/C12H17NO/c14-12-8-11(13-7-6-10(12)13)9-4-2-1-3-5-9/h8-10H,1-7H2. The van der Waals surface area contributed by atoms with Crippen LogP contribution in [0.1, 0.15) is 38.5 Å². The molecule has 0 aromatic heterocycles. The van der Waals surface area contributed by atoms with Crippen LogP contribution in [0.3, 0.4) is 0 Å². The minimum atomic E-state index is 0.256. The van der Waals surface area contributed by atoms with Gasteiger partial charge in [0, 0.05) is 18.3 Å². The van der Waals surface area contributed by atoms with Crippen LogP contribution in [0, 0.1) is 5.92 Å². The second-order valence-electron chi connectivity index (χ2n) is 4.80. The third kappa shape index (κ3) is 1.13. The average Bonchev–Trinajstić information content (AvgIpc) is 2.37. The van der Waals surface area contributed by atoms with Crippen molar-refractivity contribution in [2.75, 3.05) is 6.54 Å². The van der Waals surface area contributed by atoms with Gasteiger partial charge in [0.1, 0.15) is 0 Å². The van der Waals surface area contributed by atoms with E-state index in [9.17, 15) is 4.79 Å². The zero-order chi connectivity index (χ0) is 9.54. The quantitative estimate of drug-likeness (QED) is 0.632. The predicted molar refractivity (Wildman–Crippen MR) is 54.8 cm³/mol. The van der Waals surface area contributed by atoms with Gasteiger partial charge in [0.15, 0.2) is 5.78 Å². The Bertz CT molecular complexity index is 289. The van der Waals surface area contributed by atoms with E-state index < -0.39 is 0 Å². The Kier molecular flexibility index (Phi) is 1.89. The molecule has 1 atom stereocenters. The van der Waals surface area contributed by atoms with Crippen molar-refractivity contribution < 1.29 is 4.79 Å². The molecule has 1 aliphatic carbocycles. The Hall–Kier alpha value is -0.790. The summed E-state index contributed by atoms with van der Waals surface area (Å²) >= 11 is 0. The number of carbonyl (C=O) groups is 1. The first-order valence-corrected chi connectivity index (χ1v) is 5.88. The summed E-state index contributed by atoms with van der Waals surface area (Å²) < 4.78 is 0. The molecule has 0 aromatic carbocycles. The monoisotopic (exact) mass is 191 g/mol. The van der Waals surface area contributed by atoms with Gasteiger partial charge in [-0.2, -0.15) is 0 Å². The molecule has 3 aliphatic rings. The zero-order valence-corrected chi connectivity index (χ0v) is 8.54. The lowest BCUT2D eigenvalue weighted by atomic mass is 9.86. The van der Waals surface area contributed by atoms with E-state index in [1.54, 1.807) is 0 Å². The molecule has 0 N–H and O–H groups in total. The van der Waals surface area contributed by atoms with Gasteiger partial charge in [-0.15, -0.1) is 0 Å². The van der Waals surface area contributed by atoms with E-state index in [4.69, 9.17) is 0 Å². The van der Waals surface area contributed by atoms with Crippen molar-refractivity contribution in [3.63, 3.8) is 0 Å². The molecule has 0 spiro atoms. The number of ketones is 1. The van der Waals surface area contributed by atoms with Crippen molar-refractivity contribution in [3.8, 4) is 0 Å². The SMILES string of the molecule is O=C1C=C(C2CCCCC2)N2CCC12. The van der Waals surface area contributed by atoms with E-state index >= 15 is 0 Å². The summed E-state index contributed by atoms with van der Waals surface area (Å²) in [6.45, 7) is 1.12. The van der Waals surface area contributed by atoms with Crippen LogP contribution < -0.4 is 0 Å². The van der Waals surface area contributed by atoms with Crippen LogP contribution in [0.4, 0.5) is 0 Å². The number of rotatable bonds is 1.